The molecule has 0 fully saturated rings. The predicted molar refractivity (Wildman–Crippen MR) is 101 cm³/mol. The molecule has 0 bridgehead atoms. The Morgan fingerprint density at radius 1 is 0.609 bits per heavy atom. The first-order chi connectivity index (χ1) is 8.86. The summed E-state index contributed by atoms with van der Waals surface area (Å²) in [5, 5.41) is 0. The molecule has 23 heavy (non-hydrogen) atoms. The minimum absolute atomic E-state index is 0. The molecule has 0 aromatic heterocycles. The first-order valence-electron chi connectivity index (χ1n) is 7.28. The van der Waals surface area contributed by atoms with Gasteiger partial charge in [-0.15, -0.1) is 0 Å². The van der Waals surface area contributed by atoms with Crippen molar-refractivity contribution < 1.29 is 50.7 Å². The molecule has 5 heteroatoms. The molecule has 0 unspecified atom stereocenters. The van der Waals surface area contributed by atoms with Gasteiger partial charge < -0.3 is 24.8 Å². The largest absolute Gasteiger partial charge is 1.00 e. The summed E-state index contributed by atoms with van der Waals surface area (Å²) in [6.07, 6.45) is 7.75. The van der Waals surface area contributed by atoms with Crippen molar-refractivity contribution in [3.05, 3.63) is 59.7 Å². The smallest absolute Gasteiger partial charge is 0 e. The Morgan fingerprint density at radius 3 is 1.09 bits per heavy atom. The van der Waals surface area contributed by atoms with Gasteiger partial charge in [-0.25, -0.2) is 24.3 Å². The van der Waals surface area contributed by atoms with Crippen molar-refractivity contribution in [3.63, 3.8) is 0 Å². The van der Waals surface area contributed by atoms with E-state index >= 15 is 0 Å². The quantitative estimate of drug-likeness (QED) is 0.267. The number of rotatable bonds is 6. The molecule has 0 aliphatic heterocycles. The maximum absolute atomic E-state index is 2.23. The van der Waals surface area contributed by atoms with E-state index in [9.17, 15) is 0 Å². The third-order valence-corrected chi connectivity index (χ3v) is 3.10. The van der Waals surface area contributed by atoms with Crippen molar-refractivity contribution in [3.8, 4) is 0 Å². The molecule has 0 spiro atoms. The third-order valence-electron chi connectivity index (χ3n) is 3.10. The van der Waals surface area contributed by atoms with Gasteiger partial charge in [0.1, 0.15) is 0 Å². The summed E-state index contributed by atoms with van der Waals surface area (Å²) in [7, 11) is 0. The predicted octanol–water partition coefficient (Wildman–Crippen LogP) is -2.87. The molecule has 2 aromatic rings. The van der Waals surface area contributed by atoms with Gasteiger partial charge in [0.2, 0.25) is 0 Å². The second-order valence-electron chi connectivity index (χ2n) is 4.79. The van der Waals surface area contributed by atoms with Gasteiger partial charge in [-0.1, -0.05) is 52.4 Å². The molecule has 0 nitrogen and oxygen atoms in total. The van der Waals surface area contributed by atoms with Crippen LogP contribution in [-0.2, 0) is 38.7 Å². The van der Waals surface area contributed by atoms with E-state index < -0.39 is 0 Å². The first-order valence-corrected chi connectivity index (χ1v) is 7.28. The second kappa shape index (κ2) is 24.8. The van der Waals surface area contributed by atoms with Gasteiger partial charge in [0, 0.05) is 25.8 Å². The van der Waals surface area contributed by atoms with Crippen molar-refractivity contribution in [2.45, 2.75) is 52.4 Å². The van der Waals surface area contributed by atoms with E-state index in [2.05, 4.69) is 62.4 Å². The molecular formula is C18H32Cl2HfSi2-4. The van der Waals surface area contributed by atoms with Crippen molar-refractivity contribution in [1.82, 2.24) is 0 Å². The van der Waals surface area contributed by atoms with Crippen LogP contribution in [0.25, 0.3) is 0 Å². The van der Waals surface area contributed by atoms with Crippen LogP contribution in [0.3, 0.4) is 0 Å². The van der Waals surface area contributed by atoms with Crippen LogP contribution in [0.15, 0.2) is 48.5 Å². The van der Waals surface area contributed by atoms with Crippen molar-refractivity contribution in [1.29, 1.82) is 0 Å². The average Bonchev–Trinajstić information content (AvgIpc) is 3.07. The van der Waals surface area contributed by atoms with E-state index in [0.29, 0.717) is 0 Å². The molecular weight excluding hydrogens is 522 g/mol. The van der Waals surface area contributed by atoms with Crippen LogP contribution in [0.4, 0.5) is 0 Å². The van der Waals surface area contributed by atoms with Crippen molar-refractivity contribution in [2.75, 3.05) is 0 Å². The SMILES string of the molecule is CCCC[c-]1cccc1.CCCC[c-]1cccc1.[Cl-].[Cl-].[Hf].[SiH3].[SiH3]. The number of halogens is 2. The summed E-state index contributed by atoms with van der Waals surface area (Å²) < 4.78 is 0. The fourth-order valence-corrected chi connectivity index (χ4v) is 1.92. The van der Waals surface area contributed by atoms with Crippen LogP contribution >= 0.6 is 0 Å². The van der Waals surface area contributed by atoms with E-state index in [1.165, 1.54) is 49.7 Å². The number of aryl methyl sites for hydroxylation is 2. The monoisotopic (exact) mass is 554 g/mol. The van der Waals surface area contributed by atoms with E-state index in [0.717, 1.165) is 0 Å². The zero-order chi connectivity index (χ0) is 13.1. The average molecular weight is 554 g/mol. The normalized spacial score (nSPS) is 7.74. The molecule has 0 aliphatic rings. The number of unbranched alkanes of at least 4 members (excludes halogenated alkanes) is 2. The molecule has 0 N–H and O–H groups in total. The van der Waals surface area contributed by atoms with Gasteiger partial charge >= 0.3 is 0 Å². The summed E-state index contributed by atoms with van der Waals surface area (Å²) in [5.41, 5.74) is 2.97. The summed E-state index contributed by atoms with van der Waals surface area (Å²) in [6.45, 7) is 4.45. The molecule has 134 valence electrons. The molecule has 0 saturated carbocycles. The molecule has 0 atom stereocenters. The maximum atomic E-state index is 2.23. The topological polar surface area (TPSA) is 0 Å². The molecule has 2 rings (SSSR count). The van der Waals surface area contributed by atoms with E-state index in [4.69, 9.17) is 0 Å². The molecule has 0 saturated heterocycles. The van der Waals surface area contributed by atoms with Crippen LogP contribution in [0, 0.1) is 0 Å². The molecule has 2 radical (unpaired) electrons. The second-order valence-corrected chi connectivity index (χ2v) is 4.79. The standard InChI is InChI=1S/2C9H13.2ClH.Hf.2H3Si/c2*1-2-3-6-9-7-4-5-8-9;;;;;/h2*4-5,7-8H,2-3,6H2,1H3;2*1H;;2*1H3/q2*-1;;;;;/p-2. The Balaban J connectivity index is -0.0000000771. The van der Waals surface area contributed by atoms with E-state index in [-0.39, 0.29) is 72.6 Å². The van der Waals surface area contributed by atoms with Gasteiger partial charge in [-0.2, -0.15) is 35.4 Å². The fourth-order valence-electron chi connectivity index (χ4n) is 1.92. The Morgan fingerprint density at radius 2 is 0.870 bits per heavy atom. The van der Waals surface area contributed by atoms with Crippen LogP contribution < -0.4 is 24.8 Å². The fraction of sp³-hybridized carbons (Fsp3) is 0.444. The summed E-state index contributed by atoms with van der Waals surface area (Å²) >= 11 is 0. The van der Waals surface area contributed by atoms with Gasteiger partial charge in [-0.05, 0) is 21.9 Å². The van der Waals surface area contributed by atoms with Gasteiger partial charge in [0.25, 0.3) is 0 Å². The molecule has 0 amide bonds. The summed E-state index contributed by atoms with van der Waals surface area (Å²) in [5.74, 6) is 0. The Kier molecular flexibility index (Phi) is 37.6. The Labute approximate surface area is 183 Å². The molecule has 0 aliphatic carbocycles. The minimum Gasteiger partial charge on any atom is -1.00 e. The summed E-state index contributed by atoms with van der Waals surface area (Å²) in [6, 6.07) is 17.2. The Bertz CT molecular complexity index is 337. The van der Waals surface area contributed by atoms with Crippen LogP contribution in [0.2, 0.25) is 0 Å². The van der Waals surface area contributed by atoms with Crippen LogP contribution in [-0.4, -0.2) is 21.9 Å². The zero-order valence-corrected chi connectivity index (χ0v) is 24.2. The zero-order valence-electron chi connectivity index (χ0n) is 15.1. The first kappa shape index (κ1) is 34.8. The van der Waals surface area contributed by atoms with Gasteiger partial charge in [0.15, 0.2) is 0 Å². The third kappa shape index (κ3) is 18.8. The van der Waals surface area contributed by atoms with Gasteiger partial charge in [-0.3, -0.25) is 0 Å². The summed E-state index contributed by atoms with van der Waals surface area (Å²) in [4.78, 5) is 0. The van der Waals surface area contributed by atoms with Crippen LogP contribution in [0.1, 0.15) is 50.7 Å². The molecule has 0 heterocycles. The van der Waals surface area contributed by atoms with E-state index in [1.807, 2.05) is 0 Å². The Hall–Kier alpha value is 0.584. The minimum atomic E-state index is 0. The number of hydrogen-bond donors (Lipinski definition) is 0. The van der Waals surface area contributed by atoms with Crippen molar-refractivity contribution >= 4 is 21.9 Å². The number of hydrogen-bond acceptors (Lipinski definition) is 0. The maximum Gasteiger partial charge on any atom is 0 e. The van der Waals surface area contributed by atoms with Crippen LogP contribution in [0.5, 0.6) is 0 Å². The van der Waals surface area contributed by atoms with Crippen molar-refractivity contribution in [2.24, 2.45) is 0 Å². The molecule has 2 aromatic carbocycles. The van der Waals surface area contributed by atoms with E-state index in [1.54, 1.807) is 0 Å². The van der Waals surface area contributed by atoms with Gasteiger partial charge in [0.05, 0.1) is 0 Å².